The number of hydrogen-bond acceptors (Lipinski definition) is 4. The molecule has 2 aromatic rings. The molecule has 3 rings (SSSR count). The monoisotopic (exact) mass is 466 g/mol. The van der Waals surface area contributed by atoms with Crippen LogP contribution in [-0.4, -0.2) is 49.3 Å². The van der Waals surface area contributed by atoms with Crippen molar-refractivity contribution in [1.82, 2.24) is 4.90 Å². The summed E-state index contributed by atoms with van der Waals surface area (Å²) in [6.07, 6.45) is 5.98. The Hall–Kier alpha value is -0.910. The van der Waals surface area contributed by atoms with Gasteiger partial charge in [0, 0.05) is 17.4 Å². The Morgan fingerprint density at radius 3 is 2.50 bits per heavy atom. The smallest absolute Gasteiger partial charge is 0.124 e. The highest BCUT2D eigenvalue weighted by molar-refractivity contribution is 7.99. The van der Waals surface area contributed by atoms with Crippen LogP contribution in [0.15, 0.2) is 36.4 Å². The van der Waals surface area contributed by atoms with Gasteiger partial charge in [0.05, 0.1) is 23.3 Å². The van der Waals surface area contributed by atoms with E-state index < -0.39 is 0 Å². The predicted molar refractivity (Wildman–Crippen MR) is 130 cm³/mol. The third kappa shape index (κ3) is 7.06. The third-order valence-electron chi connectivity index (χ3n) is 5.33. The molecule has 0 aliphatic carbocycles. The van der Waals surface area contributed by atoms with Crippen LogP contribution in [-0.2, 0) is 11.3 Å². The fourth-order valence-electron chi connectivity index (χ4n) is 3.50. The predicted octanol–water partition coefficient (Wildman–Crippen LogP) is 6.61. The molecule has 1 unspecified atom stereocenters. The standard InChI is InChI=1S/C24H30Cl2NO2S/c1-18(30-2)16-29-24-9-7-19(20-6-8-22(25)23(26)15-20)14-21(24)17-28-13-12-27-10-4-3-5-11-27/h6-9,14-15,18H,1,3-5,10-13,16-17H2,2H3. The number of halogens is 2. The fraction of sp³-hybridized carbons (Fsp3) is 0.458. The molecule has 0 saturated carbocycles. The van der Waals surface area contributed by atoms with E-state index in [4.69, 9.17) is 32.7 Å². The minimum Gasteiger partial charge on any atom is -0.492 e. The minimum atomic E-state index is 0.188. The van der Waals surface area contributed by atoms with E-state index in [-0.39, 0.29) is 5.25 Å². The van der Waals surface area contributed by atoms with Crippen molar-refractivity contribution in [2.24, 2.45) is 0 Å². The lowest BCUT2D eigenvalue weighted by Gasteiger charge is -2.26. The van der Waals surface area contributed by atoms with Gasteiger partial charge >= 0.3 is 0 Å². The maximum atomic E-state index is 6.22. The maximum Gasteiger partial charge on any atom is 0.124 e. The molecule has 0 spiro atoms. The van der Waals surface area contributed by atoms with Gasteiger partial charge in [-0.15, -0.1) is 0 Å². The van der Waals surface area contributed by atoms with Crippen LogP contribution in [0.4, 0.5) is 0 Å². The molecule has 163 valence electrons. The number of nitrogens with zero attached hydrogens (tertiary/aromatic N) is 1. The normalized spacial score (nSPS) is 15.9. The van der Waals surface area contributed by atoms with Crippen molar-refractivity contribution in [3.05, 3.63) is 58.9 Å². The third-order valence-corrected chi connectivity index (χ3v) is 6.87. The molecule has 30 heavy (non-hydrogen) atoms. The summed E-state index contributed by atoms with van der Waals surface area (Å²) < 4.78 is 12.1. The summed E-state index contributed by atoms with van der Waals surface area (Å²) in [4.78, 5) is 2.48. The second kappa shape index (κ2) is 12.2. The van der Waals surface area contributed by atoms with Gasteiger partial charge in [-0.2, -0.15) is 11.8 Å². The highest BCUT2D eigenvalue weighted by Gasteiger charge is 2.12. The van der Waals surface area contributed by atoms with Gasteiger partial charge in [0.15, 0.2) is 0 Å². The number of benzene rings is 2. The first-order valence-electron chi connectivity index (χ1n) is 10.4. The quantitative estimate of drug-likeness (QED) is 0.367. The summed E-state index contributed by atoms with van der Waals surface area (Å²) in [7, 11) is 0. The van der Waals surface area contributed by atoms with Gasteiger partial charge in [-0.1, -0.05) is 41.8 Å². The summed E-state index contributed by atoms with van der Waals surface area (Å²) >= 11 is 14.0. The van der Waals surface area contributed by atoms with Crippen LogP contribution < -0.4 is 4.74 Å². The number of likely N-dealkylation sites (tertiary alicyclic amines) is 1. The van der Waals surface area contributed by atoms with Crippen LogP contribution >= 0.6 is 35.0 Å². The fourth-order valence-corrected chi connectivity index (χ4v) is 4.00. The summed E-state index contributed by atoms with van der Waals surface area (Å²) in [6.45, 7) is 9.24. The Morgan fingerprint density at radius 1 is 1.03 bits per heavy atom. The summed E-state index contributed by atoms with van der Waals surface area (Å²) in [6, 6.07) is 11.9. The van der Waals surface area contributed by atoms with Crippen LogP contribution in [0, 0.1) is 6.92 Å². The van der Waals surface area contributed by atoms with Gasteiger partial charge < -0.3 is 14.4 Å². The molecule has 1 aliphatic heterocycles. The molecule has 1 aliphatic rings. The molecule has 1 radical (unpaired) electrons. The lowest BCUT2D eigenvalue weighted by atomic mass is 10.0. The van der Waals surface area contributed by atoms with E-state index in [9.17, 15) is 0 Å². The second-order valence-electron chi connectivity index (χ2n) is 7.57. The zero-order valence-electron chi connectivity index (χ0n) is 17.5. The lowest BCUT2D eigenvalue weighted by molar-refractivity contribution is 0.0848. The largest absolute Gasteiger partial charge is 0.492 e. The summed E-state index contributed by atoms with van der Waals surface area (Å²) in [5.41, 5.74) is 3.11. The molecule has 1 fully saturated rings. The first-order chi connectivity index (χ1) is 14.6. The number of ether oxygens (including phenoxy) is 2. The second-order valence-corrected chi connectivity index (χ2v) is 9.53. The molecule has 3 nitrogen and oxygen atoms in total. The van der Waals surface area contributed by atoms with Crippen LogP contribution in [0.5, 0.6) is 5.75 Å². The van der Waals surface area contributed by atoms with E-state index in [1.165, 1.54) is 32.4 Å². The Kier molecular flexibility index (Phi) is 9.66. The van der Waals surface area contributed by atoms with Crippen molar-refractivity contribution in [3.8, 4) is 16.9 Å². The summed E-state index contributed by atoms with van der Waals surface area (Å²) in [5.74, 6) is 0.847. The Balaban J connectivity index is 1.69. The van der Waals surface area contributed by atoms with Crippen molar-refractivity contribution in [2.75, 3.05) is 39.1 Å². The number of thioether (sulfide) groups is 1. The molecule has 0 aromatic heterocycles. The molecule has 1 saturated heterocycles. The van der Waals surface area contributed by atoms with E-state index >= 15 is 0 Å². The van der Waals surface area contributed by atoms with Crippen LogP contribution in [0.2, 0.25) is 10.0 Å². The molecule has 0 N–H and O–H groups in total. The number of piperidine rings is 1. The maximum absolute atomic E-state index is 6.22. The van der Waals surface area contributed by atoms with E-state index in [1.54, 1.807) is 11.8 Å². The van der Waals surface area contributed by atoms with Crippen molar-refractivity contribution in [1.29, 1.82) is 0 Å². The Bertz CT molecular complexity index is 812. The average Bonchev–Trinajstić information content (AvgIpc) is 2.78. The zero-order valence-corrected chi connectivity index (χ0v) is 19.9. The van der Waals surface area contributed by atoms with Gasteiger partial charge in [0.25, 0.3) is 0 Å². The van der Waals surface area contributed by atoms with Crippen LogP contribution in [0.25, 0.3) is 11.1 Å². The molecule has 1 atom stereocenters. The first kappa shape index (κ1) is 23.7. The highest BCUT2D eigenvalue weighted by Crippen LogP contribution is 2.32. The van der Waals surface area contributed by atoms with Crippen molar-refractivity contribution >= 4 is 35.0 Å². The van der Waals surface area contributed by atoms with Gasteiger partial charge in [0.2, 0.25) is 0 Å². The SMILES string of the molecule is [CH2]C(COc1ccc(-c2ccc(Cl)c(Cl)c2)cc1COCCN1CCCCC1)SC. The average molecular weight is 467 g/mol. The topological polar surface area (TPSA) is 21.7 Å². The van der Waals surface area contributed by atoms with Crippen molar-refractivity contribution in [2.45, 2.75) is 31.1 Å². The van der Waals surface area contributed by atoms with Gasteiger partial charge in [-0.3, -0.25) is 0 Å². The highest BCUT2D eigenvalue weighted by atomic mass is 35.5. The van der Waals surface area contributed by atoms with Crippen molar-refractivity contribution < 1.29 is 9.47 Å². The molecule has 0 bridgehead atoms. The molecular formula is C24H30Cl2NO2S. The van der Waals surface area contributed by atoms with E-state index in [2.05, 4.69) is 17.9 Å². The first-order valence-corrected chi connectivity index (χ1v) is 12.5. The van der Waals surface area contributed by atoms with Gasteiger partial charge in [-0.05, 0) is 74.5 Å². The number of rotatable bonds is 10. The number of hydrogen-bond donors (Lipinski definition) is 0. The van der Waals surface area contributed by atoms with Crippen molar-refractivity contribution in [3.63, 3.8) is 0 Å². The minimum absolute atomic E-state index is 0.188. The van der Waals surface area contributed by atoms with Gasteiger partial charge in [0.1, 0.15) is 12.4 Å². The molecule has 6 heteroatoms. The van der Waals surface area contributed by atoms with Gasteiger partial charge in [-0.25, -0.2) is 0 Å². The van der Waals surface area contributed by atoms with E-state index in [1.807, 2.05) is 36.6 Å². The molecule has 1 heterocycles. The Labute approximate surface area is 195 Å². The van der Waals surface area contributed by atoms with E-state index in [0.717, 1.165) is 35.6 Å². The lowest BCUT2D eigenvalue weighted by Crippen LogP contribution is -2.32. The molecular weight excluding hydrogens is 437 g/mol. The summed E-state index contributed by atoms with van der Waals surface area (Å²) in [5, 5.41) is 1.29. The van der Waals surface area contributed by atoms with Crippen LogP contribution in [0.3, 0.4) is 0 Å². The molecule has 2 aromatic carbocycles. The van der Waals surface area contributed by atoms with E-state index in [0.29, 0.717) is 23.3 Å². The molecule has 0 amide bonds. The Morgan fingerprint density at radius 2 is 1.77 bits per heavy atom. The van der Waals surface area contributed by atoms with Crippen LogP contribution in [0.1, 0.15) is 24.8 Å². The zero-order chi connectivity index (χ0) is 21.3.